The van der Waals surface area contributed by atoms with Crippen LogP contribution in [0.3, 0.4) is 0 Å². The molecule has 0 radical (unpaired) electrons. The highest BCUT2D eigenvalue weighted by Gasteiger charge is 2.18. The largest absolute Gasteiger partial charge is 0.308 e. The van der Waals surface area contributed by atoms with Crippen molar-refractivity contribution < 1.29 is 0 Å². The normalized spacial score (nSPS) is 15.7. The van der Waals surface area contributed by atoms with Crippen molar-refractivity contribution in [3.8, 4) is 0 Å². The SMILES string of the molecule is CCNC(I)CNC(C)C=C1c2ccccc2CCc2ccccc21. The second-order valence-corrected chi connectivity index (χ2v) is 8.12. The molecular weight excluding hydrogens is 419 g/mol. The fourth-order valence-electron chi connectivity index (χ4n) is 3.49. The number of nitrogens with one attached hydrogen (secondary N) is 2. The summed E-state index contributed by atoms with van der Waals surface area (Å²) in [6, 6.07) is 18.1. The summed E-state index contributed by atoms with van der Waals surface area (Å²) in [5.74, 6) is 0. The molecule has 0 aliphatic heterocycles. The standard InChI is InChI=1S/C22H27IN2/c1-3-24-22(23)15-25-16(2)14-21-19-10-6-4-8-17(19)12-13-18-9-5-7-11-20(18)21/h4-11,14,16,22,24-25H,3,12-13,15H2,1-2H3. The summed E-state index contributed by atoms with van der Waals surface area (Å²) in [6.45, 7) is 6.36. The topological polar surface area (TPSA) is 24.1 Å². The zero-order valence-corrected chi connectivity index (χ0v) is 17.2. The predicted molar refractivity (Wildman–Crippen MR) is 116 cm³/mol. The average molecular weight is 446 g/mol. The van der Waals surface area contributed by atoms with Crippen LogP contribution >= 0.6 is 22.6 Å². The number of halogens is 1. The number of hydrogen-bond acceptors (Lipinski definition) is 2. The molecule has 0 amide bonds. The van der Waals surface area contributed by atoms with Crippen molar-refractivity contribution in [1.29, 1.82) is 0 Å². The minimum absolute atomic E-state index is 0.324. The highest BCUT2D eigenvalue weighted by atomic mass is 127. The number of alkyl halides is 1. The van der Waals surface area contributed by atoms with E-state index in [9.17, 15) is 0 Å². The predicted octanol–water partition coefficient (Wildman–Crippen LogP) is 4.57. The molecule has 0 spiro atoms. The molecule has 132 valence electrons. The van der Waals surface area contributed by atoms with E-state index in [0.717, 1.165) is 25.9 Å². The number of benzene rings is 2. The van der Waals surface area contributed by atoms with Gasteiger partial charge in [0, 0.05) is 12.6 Å². The van der Waals surface area contributed by atoms with E-state index in [1.165, 1.54) is 27.8 Å². The van der Waals surface area contributed by atoms with E-state index in [1.807, 2.05) is 0 Å². The van der Waals surface area contributed by atoms with Gasteiger partial charge in [-0.15, -0.1) is 0 Å². The Balaban J connectivity index is 1.91. The molecule has 3 heteroatoms. The fourth-order valence-corrected chi connectivity index (χ4v) is 4.18. The van der Waals surface area contributed by atoms with Crippen molar-refractivity contribution in [3.05, 3.63) is 76.9 Å². The lowest BCUT2D eigenvalue weighted by Crippen LogP contribution is -2.37. The Hall–Kier alpha value is -1.17. The summed E-state index contributed by atoms with van der Waals surface area (Å²) in [6.07, 6.45) is 4.63. The second kappa shape index (κ2) is 8.97. The van der Waals surface area contributed by atoms with E-state index in [4.69, 9.17) is 0 Å². The molecule has 2 aromatic rings. The summed E-state index contributed by atoms with van der Waals surface area (Å²) < 4.78 is 0.456. The molecule has 1 aliphatic carbocycles. The maximum absolute atomic E-state index is 3.65. The van der Waals surface area contributed by atoms with Gasteiger partial charge in [-0.3, -0.25) is 0 Å². The van der Waals surface area contributed by atoms with Gasteiger partial charge in [0.15, 0.2) is 0 Å². The van der Waals surface area contributed by atoms with Gasteiger partial charge in [0.1, 0.15) is 0 Å². The molecule has 25 heavy (non-hydrogen) atoms. The minimum Gasteiger partial charge on any atom is -0.308 e. The first-order valence-electron chi connectivity index (χ1n) is 9.18. The van der Waals surface area contributed by atoms with Crippen molar-refractivity contribution in [1.82, 2.24) is 10.6 Å². The lowest BCUT2D eigenvalue weighted by atomic mass is 9.92. The molecule has 2 unspecified atom stereocenters. The first-order chi connectivity index (χ1) is 12.2. The van der Waals surface area contributed by atoms with Crippen LogP contribution in [0.25, 0.3) is 5.57 Å². The molecule has 3 rings (SSSR count). The van der Waals surface area contributed by atoms with Crippen LogP contribution in [0, 0.1) is 0 Å². The van der Waals surface area contributed by atoms with Gasteiger partial charge in [-0.2, -0.15) is 0 Å². The monoisotopic (exact) mass is 446 g/mol. The van der Waals surface area contributed by atoms with E-state index in [2.05, 4.69) is 102 Å². The molecule has 0 bridgehead atoms. The summed E-state index contributed by atoms with van der Waals surface area (Å²) in [5, 5.41) is 7.10. The van der Waals surface area contributed by atoms with Crippen LogP contribution in [0.2, 0.25) is 0 Å². The van der Waals surface area contributed by atoms with Crippen LogP contribution in [0.5, 0.6) is 0 Å². The van der Waals surface area contributed by atoms with Crippen molar-refractivity contribution in [2.45, 2.75) is 36.8 Å². The van der Waals surface area contributed by atoms with Gasteiger partial charge in [0.05, 0.1) is 4.05 Å². The van der Waals surface area contributed by atoms with Crippen LogP contribution in [0.1, 0.15) is 36.1 Å². The molecule has 1 aliphatic rings. The third-order valence-electron chi connectivity index (χ3n) is 4.74. The zero-order chi connectivity index (χ0) is 17.6. The van der Waals surface area contributed by atoms with Gasteiger partial charge in [-0.25, -0.2) is 0 Å². The van der Waals surface area contributed by atoms with Crippen LogP contribution in [0.4, 0.5) is 0 Å². The Morgan fingerprint density at radius 3 is 2.08 bits per heavy atom. The number of aryl methyl sites for hydroxylation is 2. The van der Waals surface area contributed by atoms with Gasteiger partial charge >= 0.3 is 0 Å². The molecule has 0 fully saturated rings. The Morgan fingerprint density at radius 2 is 1.52 bits per heavy atom. The van der Waals surface area contributed by atoms with Crippen molar-refractivity contribution >= 4 is 28.2 Å². The van der Waals surface area contributed by atoms with E-state index >= 15 is 0 Å². The summed E-state index contributed by atoms with van der Waals surface area (Å²) in [7, 11) is 0. The molecule has 2 N–H and O–H groups in total. The van der Waals surface area contributed by atoms with Gasteiger partial charge < -0.3 is 10.6 Å². The highest BCUT2D eigenvalue weighted by Crippen LogP contribution is 2.33. The first kappa shape index (κ1) is 18.6. The van der Waals surface area contributed by atoms with Crippen LogP contribution in [-0.2, 0) is 12.8 Å². The van der Waals surface area contributed by atoms with E-state index in [0.29, 0.717) is 10.1 Å². The average Bonchev–Trinajstić information content (AvgIpc) is 2.78. The van der Waals surface area contributed by atoms with Gasteiger partial charge in [0.2, 0.25) is 0 Å². The number of rotatable bonds is 6. The minimum atomic E-state index is 0.324. The molecular formula is C22H27IN2. The van der Waals surface area contributed by atoms with Crippen molar-refractivity contribution in [2.75, 3.05) is 13.1 Å². The molecule has 0 heterocycles. The maximum Gasteiger partial charge on any atom is 0.0720 e. The number of likely N-dealkylation sites (N-methyl/N-ethyl adjacent to an activating group) is 1. The molecule has 2 atom stereocenters. The van der Waals surface area contributed by atoms with Gasteiger partial charge in [-0.1, -0.05) is 84.1 Å². The number of hydrogen-bond donors (Lipinski definition) is 2. The molecule has 2 aromatic carbocycles. The van der Waals surface area contributed by atoms with Gasteiger partial charge in [0.25, 0.3) is 0 Å². The molecule has 0 saturated heterocycles. The Kier molecular flexibility index (Phi) is 6.68. The zero-order valence-electron chi connectivity index (χ0n) is 15.1. The highest BCUT2D eigenvalue weighted by molar-refractivity contribution is 14.1. The lowest BCUT2D eigenvalue weighted by molar-refractivity contribution is 0.579. The smallest absolute Gasteiger partial charge is 0.0720 e. The second-order valence-electron chi connectivity index (χ2n) is 6.62. The molecule has 0 aromatic heterocycles. The Labute approximate surface area is 165 Å². The molecule has 0 saturated carbocycles. The van der Waals surface area contributed by atoms with Crippen LogP contribution < -0.4 is 10.6 Å². The Bertz CT molecular complexity index is 689. The summed E-state index contributed by atoms with van der Waals surface area (Å²) in [5.41, 5.74) is 7.06. The van der Waals surface area contributed by atoms with Crippen molar-refractivity contribution in [2.24, 2.45) is 0 Å². The fraction of sp³-hybridized carbons (Fsp3) is 0.364. The summed E-state index contributed by atoms with van der Waals surface area (Å²) in [4.78, 5) is 0. The quantitative estimate of drug-likeness (QED) is 0.386. The third-order valence-corrected chi connectivity index (χ3v) is 5.62. The molecule has 2 nitrogen and oxygen atoms in total. The summed E-state index contributed by atoms with van der Waals surface area (Å²) >= 11 is 2.46. The van der Waals surface area contributed by atoms with E-state index in [1.54, 1.807) is 0 Å². The van der Waals surface area contributed by atoms with Crippen molar-refractivity contribution in [3.63, 3.8) is 0 Å². The van der Waals surface area contributed by atoms with Gasteiger partial charge in [-0.05, 0) is 54.1 Å². The number of fused-ring (bicyclic) bond motifs is 2. The maximum atomic E-state index is 3.65. The third kappa shape index (κ3) is 4.72. The van der Waals surface area contributed by atoms with E-state index < -0.39 is 0 Å². The van der Waals surface area contributed by atoms with Crippen LogP contribution in [0.15, 0.2) is 54.6 Å². The van der Waals surface area contributed by atoms with Crippen LogP contribution in [-0.4, -0.2) is 23.2 Å². The Morgan fingerprint density at radius 1 is 0.960 bits per heavy atom. The first-order valence-corrected chi connectivity index (χ1v) is 10.4. The van der Waals surface area contributed by atoms with E-state index in [-0.39, 0.29) is 0 Å². The lowest BCUT2D eigenvalue weighted by Gasteiger charge is -2.18.